The lowest BCUT2D eigenvalue weighted by molar-refractivity contribution is -0.147. The number of nitrogens with zero attached hydrogens (tertiary/aromatic N) is 2. The third-order valence-electron chi connectivity index (χ3n) is 16.7. The molecule has 0 aromatic carbocycles. The van der Waals surface area contributed by atoms with Crippen molar-refractivity contribution in [1.29, 1.82) is 0 Å². The van der Waals surface area contributed by atoms with Crippen LogP contribution < -0.4 is 76.1 Å². The third kappa shape index (κ3) is 29.8. The number of likely N-dealkylation sites (tertiary alicyclic amines) is 2. The van der Waals surface area contributed by atoms with E-state index >= 15 is 0 Å². The predicted octanol–water partition coefficient (Wildman–Crippen LogP) is -4.65. The highest BCUT2D eigenvalue weighted by Crippen LogP contribution is 2.24. The first-order valence-corrected chi connectivity index (χ1v) is 33.8. The smallest absolute Gasteiger partial charge is 0.326 e. The molecule has 2 fully saturated rings. The number of primary amides is 1. The van der Waals surface area contributed by atoms with Crippen LogP contribution >= 0.6 is 0 Å². The van der Waals surface area contributed by atoms with Crippen LogP contribution in [-0.4, -0.2) is 236 Å². The number of amides is 13. The van der Waals surface area contributed by atoms with Crippen LogP contribution in [0.2, 0.25) is 0 Å². The molecule has 0 spiro atoms. The lowest BCUT2D eigenvalue weighted by Crippen LogP contribution is -2.61. The maximum atomic E-state index is 14.6. The molecule has 2 aliphatic heterocycles. The van der Waals surface area contributed by atoms with Gasteiger partial charge in [-0.1, -0.05) is 41.5 Å². The number of carboxylic acid groups (broad SMARTS) is 4. The number of carbonyl (C=O) groups is 17. The van der Waals surface area contributed by atoms with Crippen LogP contribution in [0.4, 0.5) is 0 Å². The molecule has 0 saturated carbocycles. The summed E-state index contributed by atoms with van der Waals surface area (Å²) in [7, 11) is 0. The van der Waals surface area contributed by atoms with Crippen molar-refractivity contribution in [3.05, 3.63) is 0 Å². The first kappa shape index (κ1) is 87.0. The Labute approximate surface area is 580 Å². The van der Waals surface area contributed by atoms with Crippen LogP contribution in [0.3, 0.4) is 0 Å². The van der Waals surface area contributed by atoms with Crippen LogP contribution in [0, 0.1) is 17.8 Å². The summed E-state index contributed by atoms with van der Waals surface area (Å²) in [5, 5.41) is 62.4. The number of hydrogen-bond acceptors (Lipinski definition) is 20. The van der Waals surface area contributed by atoms with Crippen molar-refractivity contribution < 1.29 is 102 Å². The van der Waals surface area contributed by atoms with Gasteiger partial charge in [0.1, 0.15) is 72.5 Å². The van der Waals surface area contributed by atoms with Crippen LogP contribution in [-0.2, 0) is 81.5 Å². The predicted molar refractivity (Wildman–Crippen MR) is 355 cm³/mol. The summed E-state index contributed by atoms with van der Waals surface area (Å²) >= 11 is 0. The van der Waals surface area contributed by atoms with Crippen LogP contribution in [0.5, 0.6) is 0 Å². The number of carboxylic acids is 4. The van der Waals surface area contributed by atoms with Gasteiger partial charge < -0.3 is 106 Å². The normalized spacial score (nSPS) is 17.6. The van der Waals surface area contributed by atoms with Gasteiger partial charge in [-0.25, -0.2) is 4.79 Å². The zero-order chi connectivity index (χ0) is 75.8. The fourth-order valence-electron chi connectivity index (χ4n) is 11.1. The van der Waals surface area contributed by atoms with Crippen molar-refractivity contribution in [3.63, 3.8) is 0 Å². The number of nitrogens with one attached hydrogen (secondary N) is 10. The SMILES string of the molecule is CC(C)C[C@H](NC(=O)[C@@H]1CCCN1C(=O)[C@@H](NC(=O)[C@@H]1CCCN1C(=O)[C@H](CCC(=O)O)NC(=O)[C@H](C)NC(=O)[C@H](C)NC(=O)[C@H](CCCCN)NC(=O)[C@@H](N)CCC(=O)O)C(C)C)C(=O)N[C@H](C(=O)N[C@@H](CCCCN)C(=O)N[C@@H](CCC(N)=O)C(=O)N[C@@H](CC(=O)O)C(=O)O)C(C)C. The molecule has 2 saturated heterocycles. The van der Waals surface area contributed by atoms with Gasteiger partial charge in [0.25, 0.3) is 0 Å². The van der Waals surface area contributed by atoms with Crippen molar-refractivity contribution in [2.24, 2.45) is 40.7 Å². The van der Waals surface area contributed by atoms with Gasteiger partial charge in [0.15, 0.2) is 0 Å². The Hall–Kier alpha value is -9.13. The number of unbranched alkanes of at least 4 members (excludes halogenated alkanes) is 2. The standard InChI is InChI=1S/C63H106N16O21/c1-31(2)29-41(57(93)76-49(32(3)4)60(96)72-38(16-10-12-26-65)55(91)71-39(20-22-45(67)80)56(92)75-42(63(99)100)30-48(85)86)74-58(94)43-17-14-28-79(43)62(98)50(33(5)6)77-59(95)44-18-13-27-78(44)61(97)40(21-24-47(83)84)73-52(88)35(8)68-51(87)34(7)69-54(90)37(15-9-11-25-64)70-53(89)36(66)19-23-46(81)82/h31-44,49-50H,9-30,64-66H2,1-8H3,(H2,67,80)(H,68,87)(H,69,90)(H,70,89)(H,71,91)(H,72,96)(H,73,88)(H,74,94)(H,75,92)(H,76,93)(H,77,95)(H,81,82)(H,83,84)(H,85,86)(H,99,100)/t34-,35-,36-,37-,38-,39-,40-,41-,42-,43-,44-,49-,50-/m0/s1. The first-order valence-electron chi connectivity index (χ1n) is 33.8. The third-order valence-corrected chi connectivity index (χ3v) is 16.7. The lowest BCUT2D eigenvalue weighted by atomic mass is 9.98. The second kappa shape index (κ2) is 43.4. The minimum Gasteiger partial charge on any atom is -0.481 e. The summed E-state index contributed by atoms with van der Waals surface area (Å²) < 4.78 is 0. The molecular weight excluding hydrogens is 1320 g/mol. The number of carbonyl (C=O) groups excluding carboxylic acids is 13. The van der Waals surface area contributed by atoms with Gasteiger partial charge in [0, 0.05) is 32.4 Å². The largest absolute Gasteiger partial charge is 0.481 e. The second-order valence-corrected chi connectivity index (χ2v) is 26.3. The molecule has 37 nitrogen and oxygen atoms in total. The van der Waals surface area contributed by atoms with Crippen LogP contribution in [0.1, 0.15) is 171 Å². The Morgan fingerprint density at radius 3 is 1.29 bits per heavy atom. The summed E-state index contributed by atoms with van der Waals surface area (Å²) in [6.45, 7) is 13.0. The zero-order valence-electron chi connectivity index (χ0n) is 58.2. The van der Waals surface area contributed by atoms with Crippen molar-refractivity contribution >= 4 is 101 Å². The first-order chi connectivity index (χ1) is 46.8. The minimum absolute atomic E-state index is 0.0247. The van der Waals surface area contributed by atoms with E-state index in [-0.39, 0.29) is 83.5 Å². The highest BCUT2D eigenvalue weighted by atomic mass is 16.4. The van der Waals surface area contributed by atoms with Crippen molar-refractivity contribution in [3.8, 4) is 0 Å². The minimum atomic E-state index is -1.93. The summed E-state index contributed by atoms with van der Waals surface area (Å²) in [6, 6.07) is -18.1. The molecule has 0 unspecified atom stereocenters. The summed E-state index contributed by atoms with van der Waals surface area (Å²) in [4.78, 5) is 227. The molecule has 0 aromatic heterocycles. The van der Waals surface area contributed by atoms with Gasteiger partial charge in [-0.15, -0.1) is 0 Å². The molecule has 13 amide bonds. The van der Waals surface area contributed by atoms with Crippen molar-refractivity contribution in [2.45, 2.75) is 250 Å². The molecule has 2 aliphatic rings. The maximum Gasteiger partial charge on any atom is 0.326 e. The average Bonchev–Trinajstić information content (AvgIpc) is 1.65. The van der Waals surface area contributed by atoms with Gasteiger partial charge in [-0.3, -0.25) is 76.7 Å². The van der Waals surface area contributed by atoms with Gasteiger partial charge in [0.2, 0.25) is 76.8 Å². The van der Waals surface area contributed by atoms with E-state index in [1.54, 1.807) is 41.5 Å². The number of hydrogen-bond donors (Lipinski definition) is 18. The van der Waals surface area contributed by atoms with Gasteiger partial charge in [-0.2, -0.15) is 0 Å². The molecule has 22 N–H and O–H groups in total. The number of nitrogens with two attached hydrogens (primary N) is 4. The Bertz CT molecular complexity index is 2900. The topological polar surface area (TPSA) is 602 Å². The fraction of sp³-hybridized carbons (Fsp3) is 0.730. The molecule has 100 heavy (non-hydrogen) atoms. The number of aliphatic carboxylic acids is 4. The Morgan fingerprint density at radius 1 is 0.410 bits per heavy atom. The molecule has 0 aromatic rings. The number of rotatable bonds is 46. The summed E-state index contributed by atoms with van der Waals surface area (Å²) in [5.74, 6) is -18.5. The molecule has 0 radical (unpaired) electrons. The molecule has 37 heteroatoms. The quantitative estimate of drug-likeness (QED) is 0.0255. The average molecular weight is 1420 g/mol. The zero-order valence-corrected chi connectivity index (χ0v) is 58.2. The summed E-state index contributed by atoms with van der Waals surface area (Å²) in [5.41, 5.74) is 22.4. The Morgan fingerprint density at radius 2 is 0.820 bits per heavy atom. The highest BCUT2D eigenvalue weighted by molar-refractivity contribution is 6.00. The van der Waals surface area contributed by atoms with E-state index < -0.39 is 230 Å². The fourth-order valence-corrected chi connectivity index (χ4v) is 11.1. The molecule has 2 heterocycles. The van der Waals surface area contributed by atoms with E-state index in [4.69, 9.17) is 28.0 Å². The van der Waals surface area contributed by atoms with E-state index in [1.165, 1.54) is 18.7 Å². The van der Waals surface area contributed by atoms with Gasteiger partial charge >= 0.3 is 23.9 Å². The van der Waals surface area contributed by atoms with E-state index in [9.17, 15) is 96.8 Å². The molecule has 564 valence electrons. The van der Waals surface area contributed by atoms with Crippen molar-refractivity contribution in [1.82, 2.24) is 63.0 Å². The molecule has 13 atom stereocenters. The second-order valence-electron chi connectivity index (χ2n) is 26.3. The Kier molecular flexibility index (Phi) is 37.7. The molecular formula is C63H106N16O21. The highest BCUT2D eigenvalue weighted by Gasteiger charge is 2.44. The molecule has 2 rings (SSSR count). The van der Waals surface area contributed by atoms with Gasteiger partial charge in [0.05, 0.1) is 12.5 Å². The van der Waals surface area contributed by atoms with Crippen molar-refractivity contribution in [2.75, 3.05) is 26.2 Å². The van der Waals surface area contributed by atoms with E-state index in [1.807, 2.05) is 5.32 Å². The van der Waals surface area contributed by atoms with E-state index in [0.29, 0.717) is 25.7 Å². The maximum absolute atomic E-state index is 14.6. The monoisotopic (exact) mass is 1420 g/mol. The lowest BCUT2D eigenvalue weighted by Gasteiger charge is -2.33. The molecule has 0 bridgehead atoms. The van der Waals surface area contributed by atoms with E-state index in [0.717, 1.165) is 4.90 Å². The Balaban J connectivity index is 2.31. The summed E-state index contributed by atoms with van der Waals surface area (Å²) in [6.07, 6.45) is -1.35. The van der Waals surface area contributed by atoms with Crippen LogP contribution in [0.15, 0.2) is 0 Å². The van der Waals surface area contributed by atoms with Gasteiger partial charge in [-0.05, 0) is 135 Å². The van der Waals surface area contributed by atoms with Crippen LogP contribution in [0.25, 0.3) is 0 Å². The van der Waals surface area contributed by atoms with E-state index in [2.05, 4.69) is 47.9 Å². The molecule has 0 aliphatic carbocycles.